The zero-order valence-electron chi connectivity index (χ0n) is 40.7. The molecular formula is C57H83NO2Si. The van der Waals surface area contributed by atoms with Crippen LogP contribution < -0.4 is 9.47 Å². The minimum Gasteiger partial charge on any atom is -0.493 e. The Balaban J connectivity index is 1.38. The van der Waals surface area contributed by atoms with Gasteiger partial charge in [0.25, 0.3) is 0 Å². The number of allylic oxidation sites excluding steroid dienone is 4. The Bertz CT molecular complexity index is 1940. The van der Waals surface area contributed by atoms with Gasteiger partial charge in [0.15, 0.2) is 0 Å². The summed E-state index contributed by atoms with van der Waals surface area (Å²) in [5.74, 6) is 3.88. The number of rotatable bonds is 17. The molecule has 4 aliphatic carbocycles. The van der Waals surface area contributed by atoms with Crippen molar-refractivity contribution >= 4 is 13.8 Å². The molecule has 0 radical (unpaired) electrons. The average molecular weight is 842 g/mol. The first-order valence-corrected chi connectivity index (χ1v) is 28.0. The van der Waals surface area contributed by atoms with Crippen molar-refractivity contribution in [3.8, 4) is 11.5 Å². The molecule has 0 spiro atoms. The summed E-state index contributed by atoms with van der Waals surface area (Å²) in [6, 6.07) is 20.2. The smallest absolute Gasteiger partial charge is 0.127 e. The summed E-state index contributed by atoms with van der Waals surface area (Å²) in [5.41, 5.74) is 13.9. The highest BCUT2D eigenvalue weighted by atomic mass is 28.3. The lowest BCUT2D eigenvalue weighted by atomic mass is 9.64. The lowest BCUT2D eigenvalue weighted by Crippen LogP contribution is -2.65. The van der Waals surface area contributed by atoms with Crippen LogP contribution in [0.4, 0.5) is 0 Å². The number of ether oxygens (including phenoxy) is 2. The van der Waals surface area contributed by atoms with Crippen LogP contribution in [0.1, 0.15) is 176 Å². The molecule has 0 amide bonds. The second kappa shape index (κ2) is 18.9. The first-order valence-electron chi connectivity index (χ1n) is 25.0. The molecule has 332 valence electrons. The minimum absolute atomic E-state index is 0.162. The monoisotopic (exact) mass is 842 g/mol. The van der Waals surface area contributed by atoms with E-state index in [2.05, 4.69) is 148 Å². The number of unbranched alkanes of at least 4 members (excludes halogenated alkanes) is 6. The van der Waals surface area contributed by atoms with Gasteiger partial charge in [-0.05, 0) is 160 Å². The van der Waals surface area contributed by atoms with Gasteiger partial charge in [0.2, 0.25) is 0 Å². The minimum atomic E-state index is -1.94. The molecule has 2 saturated carbocycles. The fraction of sp³-hybridized carbons (Fsp3) is 0.614. The standard InChI is InChI=1S/C57H83NO2Si/c1-13-15-17-24-30-59-53-39(3)33-45(34-40(53)4)57(46-35-41(5)54(42(6)36-46)60-31-25-18-16-14-2)51-29-23-22-28-48(51)50-38-49-44(37-52(50)57)32-43(7)55(49)61(11,12)58(56(8,9)10)47-26-20-19-21-27-47/h22-23,28-29,33-38,43-44,47,49,55H,13-21,24-27,30-32H2,1-12H3. The number of nitrogens with zero attached hydrogens (tertiary/aromatic N) is 1. The predicted molar refractivity (Wildman–Crippen MR) is 264 cm³/mol. The van der Waals surface area contributed by atoms with Crippen molar-refractivity contribution in [3.05, 3.63) is 111 Å². The van der Waals surface area contributed by atoms with Crippen LogP contribution in [0.2, 0.25) is 18.6 Å². The van der Waals surface area contributed by atoms with E-state index < -0.39 is 13.7 Å². The topological polar surface area (TPSA) is 21.7 Å². The Kier molecular flexibility index (Phi) is 14.3. The maximum absolute atomic E-state index is 6.62. The molecule has 0 aromatic heterocycles. The normalized spacial score (nSPS) is 22.4. The van der Waals surface area contributed by atoms with E-state index in [0.29, 0.717) is 29.3 Å². The zero-order valence-corrected chi connectivity index (χ0v) is 41.7. The van der Waals surface area contributed by atoms with Gasteiger partial charge < -0.3 is 14.0 Å². The van der Waals surface area contributed by atoms with E-state index in [1.165, 1.54) is 133 Å². The maximum atomic E-state index is 6.62. The number of hydrogen-bond acceptors (Lipinski definition) is 3. The van der Waals surface area contributed by atoms with Gasteiger partial charge in [0.1, 0.15) is 19.7 Å². The molecule has 4 unspecified atom stereocenters. The number of benzene rings is 3. The molecule has 3 nitrogen and oxygen atoms in total. The van der Waals surface area contributed by atoms with Crippen LogP contribution in [0, 0.1) is 45.4 Å². The molecule has 4 heteroatoms. The summed E-state index contributed by atoms with van der Waals surface area (Å²) in [6.45, 7) is 30.9. The Hall–Kier alpha value is -3.08. The van der Waals surface area contributed by atoms with E-state index in [9.17, 15) is 0 Å². The molecule has 3 aromatic rings. The lowest BCUT2D eigenvalue weighted by molar-refractivity contribution is 0.139. The second-order valence-electron chi connectivity index (χ2n) is 21.6. The molecule has 2 fully saturated rings. The molecular weight excluding hydrogens is 759 g/mol. The van der Waals surface area contributed by atoms with Gasteiger partial charge in [-0.25, -0.2) is 0 Å². The second-order valence-corrected chi connectivity index (χ2v) is 26.1. The third kappa shape index (κ3) is 8.77. The average Bonchev–Trinajstić information content (AvgIpc) is 3.69. The molecule has 61 heavy (non-hydrogen) atoms. The van der Waals surface area contributed by atoms with Crippen molar-refractivity contribution in [1.82, 2.24) is 4.57 Å². The molecule has 4 atom stereocenters. The van der Waals surface area contributed by atoms with Crippen molar-refractivity contribution in [1.29, 1.82) is 0 Å². The van der Waals surface area contributed by atoms with E-state index in [1.807, 2.05) is 0 Å². The summed E-state index contributed by atoms with van der Waals surface area (Å²) in [7, 11) is -1.94. The highest BCUT2D eigenvalue weighted by Gasteiger charge is 2.57. The van der Waals surface area contributed by atoms with Gasteiger partial charge in [-0.2, -0.15) is 0 Å². The van der Waals surface area contributed by atoms with Crippen molar-refractivity contribution in [2.75, 3.05) is 13.2 Å². The van der Waals surface area contributed by atoms with Crippen LogP contribution in [-0.2, 0) is 5.41 Å². The fourth-order valence-electron chi connectivity index (χ4n) is 13.7. The van der Waals surface area contributed by atoms with Crippen molar-refractivity contribution in [2.24, 2.45) is 17.8 Å². The lowest BCUT2D eigenvalue weighted by Gasteiger charge is -2.56. The summed E-state index contributed by atoms with van der Waals surface area (Å²) < 4.78 is 16.4. The van der Waals surface area contributed by atoms with Crippen LogP contribution in [-0.4, -0.2) is 37.6 Å². The van der Waals surface area contributed by atoms with Crippen LogP contribution >= 0.6 is 0 Å². The van der Waals surface area contributed by atoms with Gasteiger partial charge in [0, 0.05) is 11.6 Å². The van der Waals surface area contributed by atoms with Crippen molar-refractivity contribution < 1.29 is 9.47 Å². The van der Waals surface area contributed by atoms with E-state index in [4.69, 9.17) is 9.47 Å². The number of fused-ring (bicyclic) bond motifs is 4. The molecule has 0 saturated heterocycles. The van der Waals surface area contributed by atoms with Crippen molar-refractivity contribution in [2.45, 2.75) is 195 Å². The third-order valence-corrected chi connectivity index (χ3v) is 20.5. The fourth-order valence-corrected chi connectivity index (χ4v) is 19.7. The summed E-state index contributed by atoms with van der Waals surface area (Å²) in [5, 5.41) is 0. The predicted octanol–water partition coefficient (Wildman–Crippen LogP) is 15.8. The van der Waals surface area contributed by atoms with Crippen LogP contribution in [0.5, 0.6) is 11.5 Å². The van der Waals surface area contributed by atoms with Crippen molar-refractivity contribution in [3.63, 3.8) is 0 Å². The van der Waals surface area contributed by atoms with Crippen LogP contribution in [0.15, 0.2) is 66.3 Å². The largest absolute Gasteiger partial charge is 0.493 e. The zero-order chi connectivity index (χ0) is 43.7. The van der Waals surface area contributed by atoms with E-state index >= 15 is 0 Å². The Morgan fingerprint density at radius 2 is 1.23 bits per heavy atom. The van der Waals surface area contributed by atoms with Gasteiger partial charge >= 0.3 is 0 Å². The van der Waals surface area contributed by atoms with Gasteiger partial charge in [-0.3, -0.25) is 0 Å². The van der Waals surface area contributed by atoms with E-state index in [0.717, 1.165) is 37.6 Å². The summed E-state index contributed by atoms with van der Waals surface area (Å²) in [4.78, 5) is 0. The highest BCUT2D eigenvalue weighted by molar-refractivity contribution is 6.76. The number of hydrogen-bond donors (Lipinski definition) is 0. The quantitative estimate of drug-likeness (QED) is 0.0998. The highest BCUT2D eigenvalue weighted by Crippen LogP contribution is 2.64. The maximum Gasteiger partial charge on any atom is 0.127 e. The number of aryl methyl sites for hydroxylation is 4. The van der Waals surface area contributed by atoms with Crippen LogP contribution in [0.3, 0.4) is 0 Å². The molecule has 7 rings (SSSR count). The van der Waals surface area contributed by atoms with E-state index in [1.54, 1.807) is 0 Å². The van der Waals surface area contributed by atoms with Gasteiger partial charge in [-0.15, -0.1) is 0 Å². The molecule has 4 aliphatic rings. The third-order valence-electron chi connectivity index (χ3n) is 15.6. The van der Waals surface area contributed by atoms with Gasteiger partial charge in [-0.1, -0.05) is 152 Å². The van der Waals surface area contributed by atoms with Gasteiger partial charge in [0.05, 0.1) is 18.6 Å². The first kappa shape index (κ1) is 45.9. The molecule has 0 heterocycles. The first-order chi connectivity index (χ1) is 29.2. The Morgan fingerprint density at radius 1 is 0.705 bits per heavy atom. The molecule has 0 bridgehead atoms. The molecule has 3 aromatic carbocycles. The summed E-state index contributed by atoms with van der Waals surface area (Å²) in [6.07, 6.45) is 23.5. The Labute approximate surface area is 374 Å². The molecule has 0 aliphatic heterocycles. The van der Waals surface area contributed by atoms with Crippen LogP contribution in [0.25, 0.3) is 5.57 Å². The molecule has 0 N–H and O–H groups in total. The summed E-state index contributed by atoms with van der Waals surface area (Å²) >= 11 is 0. The van der Waals surface area contributed by atoms with E-state index in [-0.39, 0.29) is 5.54 Å². The Morgan fingerprint density at radius 3 is 1.74 bits per heavy atom. The SMILES string of the molecule is CCCCCCOc1c(C)cc(C2(c3cc(C)c(OCCCCCC)c(C)c3)C3=CC4CC(C)C([Si](C)(C)N(C5CCCCC5)C(C)(C)C)C4C=C3c3ccccc32)cc1C.